The third-order valence-corrected chi connectivity index (χ3v) is 4.26. The second kappa shape index (κ2) is 6.89. The first kappa shape index (κ1) is 15.8. The number of hydrogen-bond donors (Lipinski definition) is 3. The quantitative estimate of drug-likeness (QED) is 0.781. The van der Waals surface area contributed by atoms with Gasteiger partial charge in [0.15, 0.2) is 0 Å². The molecular weight excluding hydrogens is 271 g/mol. The van der Waals surface area contributed by atoms with Crippen LogP contribution in [0.1, 0.15) is 43.9 Å². The van der Waals surface area contributed by atoms with Crippen molar-refractivity contribution in [3.8, 4) is 0 Å². The Hall–Kier alpha value is -1.62. The summed E-state index contributed by atoms with van der Waals surface area (Å²) in [7, 11) is 0. The van der Waals surface area contributed by atoms with E-state index in [0.29, 0.717) is 0 Å². The molecule has 3 unspecified atom stereocenters. The van der Waals surface area contributed by atoms with Crippen LogP contribution in [-0.4, -0.2) is 23.8 Å². The highest BCUT2D eigenvalue weighted by Crippen LogP contribution is 2.31. The zero-order chi connectivity index (χ0) is 15.4. The molecular formula is C16H23FN2O2. The second-order valence-corrected chi connectivity index (χ2v) is 5.74. The van der Waals surface area contributed by atoms with Crippen molar-refractivity contribution in [3.63, 3.8) is 0 Å². The summed E-state index contributed by atoms with van der Waals surface area (Å²) in [5.74, 6) is -0.0870. The van der Waals surface area contributed by atoms with Crippen molar-refractivity contribution < 1.29 is 14.3 Å². The molecule has 21 heavy (non-hydrogen) atoms. The minimum atomic E-state index is -0.536. The van der Waals surface area contributed by atoms with E-state index in [1.54, 1.807) is 6.07 Å². The molecule has 0 aliphatic heterocycles. The maximum Gasteiger partial charge on any atom is 0.315 e. The van der Waals surface area contributed by atoms with Gasteiger partial charge in [0.25, 0.3) is 0 Å². The molecule has 1 aromatic carbocycles. The summed E-state index contributed by atoms with van der Waals surface area (Å²) in [6.07, 6.45) is 1.88. The van der Waals surface area contributed by atoms with Gasteiger partial charge in [-0.1, -0.05) is 26.3 Å². The molecule has 116 valence electrons. The first-order chi connectivity index (χ1) is 10.0. The lowest BCUT2D eigenvalue weighted by Crippen LogP contribution is -2.42. The van der Waals surface area contributed by atoms with Crippen LogP contribution in [0.3, 0.4) is 0 Å². The van der Waals surface area contributed by atoms with Gasteiger partial charge < -0.3 is 15.7 Å². The molecule has 0 saturated heterocycles. The van der Waals surface area contributed by atoms with Crippen LogP contribution in [0.2, 0.25) is 0 Å². The minimum absolute atomic E-state index is 0.0821. The van der Waals surface area contributed by atoms with Gasteiger partial charge in [0.2, 0.25) is 0 Å². The summed E-state index contributed by atoms with van der Waals surface area (Å²) < 4.78 is 13.1. The lowest BCUT2D eigenvalue weighted by molar-refractivity contribution is 0.114. The Labute approximate surface area is 124 Å². The van der Waals surface area contributed by atoms with E-state index in [4.69, 9.17) is 0 Å². The molecule has 0 spiro atoms. The zero-order valence-electron chi connectivity index (χ0n) is 12.5. The number of benzene rings is 1. The van der Waals surface area contributed by atoms with Crippen molar-refractivity contribution in [1.29, 1.82) is 0 Å². The summed E-state index contributed by atoms with van der Waals surface area (Å²) in [5, 5.41) is 15.4. The van der Waals surface area contributed by atoms with Gasteiger partial charge in [0.1, 0.15) is 5.82 Å². The SMILES string of the molecule is CCC(C)C(O)CNC(=O)NC1CCc2cc(F)ccc21. The van der Waals surface area contributed by atoms with Gasteiger partial charge in [-0.2, -0.15) is 0 Å². The highest BCUT2D eigenvalue weighted by molar-refractivity contribution is 5.74. The highest BCUT2D eigenvalue weighted by Gasteiger charge is 2.24. The molecule has 2 amide bonds. The summed E-state index contributed by atoms with van der Waals surface area (Å²) in [5.41, 5.74) is 1.94. The van der Waals surface area contributed by atoms with E-state index in [-0.39, 0.29) is 30.4 Å². The van der Waals surface area contributed by atoms with E-state index >= 15 is 0 Å². The van der Waals surface area contributed by atoms with E-state index < -0.39 is 6.10 Å². The van der Waals surface area contributed by atoms with E-state index in [9.17, 15) is 14.3 Å². The topological polar surface area (TPSA) is 61.4 Å². The standard InChI is InChI=1S/C16H23FN2O2/c1-3-10(2)15(20)9-18-16(21)19-14-7-4-11-8-12(17)5-6-13(11)14/h5-6,8,10,14-15,20H,3-4,7,9H2,1-2H3,(H2,18,19,21). The van der Waals surface area contributed by atoms with E-state index in [0.717, 1.165) is 30.4 Å². The number of nitrogens with one attached hydrogen (secondary N) is 2. The van der Waals surface area contributed by atoms with Crippen molar-refractivity contribution in [2.75, 3.05) is 6.54 Å². The average Bonchev–Trinajstić information content (AvgIpc) is 2.85. The number of aryl methyl sites for hydroxylation is 1. The monoisotopic (exact) mass is 294 g/mol. The van der Waals surface area contributed by atoms with Crippen molar-refractivity contribution in [2.45, 2.75) is 45.3 Å². The van der Waals surface area contributed by atoms with Crippen LogP contribution < -0.4 is 10.6 Å². The molecule has 0 radical (unpaired) electrons. The molecule has 2 rings (SSSR count). The molecule has 0 heterocycles. The molecule has 1 aliphatic rings. The number of carbonyl (C=O) groups excluding carboxylic acids is 1. The van der Waals surface area contributed by atoms with Gasteiger partial charge in [0, 0.05) is 6.54 Å². The number of halogens is 1. The van der Waals surface area contributed by atoms with Crippen LogP contribution in [0.5, 0.6) is 0 Å². The molecule has 1 aliphatic carbocycles. The van der Waals surface area contributed by atoms with Gasteiger partial charge in [-0.25, -0.2) is 9.18 Å². The molecule has 3 N–H and O–H groups in total. The number of rotatable bonds is 5. The molecule has 0 saturated carbocycles. The van der Waals surface area contributed by atoms with E-state index in [2.05, 4.69) is 10.6 Å². The summed E-state index contributed by atoms with van der Waals surface area (Å²) in [6, 6.07) is 4.31. The average molecular weight is 294 g/mol. The number of urea groups is 1. The molecule has 3 atom stereocenters. The summed E-state index contributed by atoms with van der Waals surface area (Å²) in [4.78, 5) is 11.9. The van der Waals surface area contributed by atoms with Gasteiger partial charge >= 0.3 is 6.03 Å². The van der Waals surface area contributed by atoms with Crippen LogP contribution in [-0.2, 0) is 6.42 Å². The van der Waals surface area contributed by atoms with Crippen LogP contribution in [0, 0.1) is 11.7 Å². The molecule has 0 aromatic heterocycles. The van der Waals surface area contributed by atoms with Crippen molar-refractivity contribution in [2.24, 2.45) is 5.92 Å². The fourth-order valence-corrected chi connectivity index (χ4v) is 2.62. The number of hydrogen-bond acceptors (Lipinski definition) is 2. The predicted molar refractivity (Wildman–Crippen MR) is 79.5 cm³/mol. The van der Waals surface area contributed by atoms with Crippen molar-refractivity contribution >= 4 is 6.03 Å². The Morgan fingerprint density at radius 1 is 1.52 bits per heavy atom. The normalized spacial score (nSPS) is 19.7. The second-order valence-electron chi connectivity index (χ2n) is 5.74. The predicted octanol–water partition coefficient (Wildman–Crippen LogP) is 2.52. The fraction of sp³-hybridized carbons (Fsp3) is 0.562. The third kappa shape index (κ3) is 3.94. The van der Waals surface area contributed by atoms with E-state index in [1.807, 2.05) is 13.8 Å². The smallest absolute Gasteiger partial charge is 0.315 e. The van der Waals surface area contributed by atoms with Gasteiger partial charge in [-0.3, -0.25) is 0 Å². The Bertz CT molecular complexity index is 507. The lowest BCUT2D eigenvalue weighted by Gasteiger charge is -2.19. The first-order valence-electron chi connectivity index (χ1n) is 7.52. The first-order valence-corrected chi connectivity index (χ1v) is 7.52. The maximum absolute atomic E-state index is 13.1. The van der Waals surface area contributed by atoms with Gasteiger partial charge in [-0.05, 0) is 42.0 Å². The molecule has 0 fully saturated rings. The lowest BCUT2D eigenvalue weighted by atomic mass is 10.0. The maximum atomic E-state index is 13.1. The van der Waals surface area contributed by atoms with Crippen LogP contribution in [0.25, 0.3) is 0 Å². The summed E-state index contributed by atoms with van der Waals surface area (Å²) in [6.45, 7) is 4.19. The van der Waals surface area contributed by atoms with Crippen molar-refractivity contribution in [1.82, 2.24) is 10.6 Å². The summed E-state index contributed by atoms with van der Waals surface area (Å²) >= 11 is 0. The molecule has 4 nitrogen and oxygen atoms in total. The van der Waals surface area contributed by atoms with Crippen LogP contribution in [0.4, 0.5) is 9.18 Å². The number of aliphatic hydroxyl groups is 1. The zero-order valence-corrected chi connectivity index (χ0v) is 12.5. The van der Waals surface area contributed by atoms with E-state index in [1.165, 1.54) is 12.1 Å². The third-order valence-electron chi connectivity index (χ3n) is 4.26. The number of carbonyl (C=O) groups is 1. The number of amides is 2. The van der Waals surface area contributed by atoms with Gasteiger partial charge in [0.05, 0.1) is 12.1 Å². The largest absolute Gasteiger partial charge is 0.391 e. The molecule has 5 heteroatoms. The Kier molecular flexibility index (Phi) is 5.17. The Morgan fingerprint density at radius 3 is 3.00 bits per heavy atom. The number of aliphatic hydroxyl groups excluding tert-OH is 1. The Morgan fingerprint density at radius 2 is 2.29 bits per heavy atom. The van der Waals surface area contributed by atoms with Crippen LogP contribution >= 0.6 is 0 Å². The van der Waals surface area contributed by atoms with Crippen LogP contribution in [0.15, 0.2) is 18.2 Å². The molecule has 0 bridgehead atoms. The molecule has 1 aromatic rings. The highest BCUT2D eigenvalue weighted by atomic mass is 19.1. The fourth-order valence-electron chi connectivity index (χ4n) is 2.62. The van der Waals surface area contributed by atoms with Crippen molar-refractivity contribution in [3.05, 3.63) is 35.1 Å². The van der Waals surface area contributed by atoms with Gasteiger partial charge in [-0.15, -0.1) is 0 Å². The number of fused-ring (bicyclic) bond motifs is 1. The minimum Gasteiger partial charge on any atom is -0.391 e. The Balaban J connectivity index is 1.85.